The molecule has 1 heterocycles. The number of ether oxygens (including phenoxy) is 4. The van der Waals surface area contributed by atoms with Crippen LogP contribution in [0.15, 0.2) is 41.3 Å². The normalized spacial score (nSPS) is 15.1. The standard InChI is InChI=1S/C20H19NO5S2/c1-23-14-8-6-5-7-13(14)21-19(22)18(28-20(21)27)10-12-9-16(25-3)17(26-4)11-15(12)24-2/h5-11H,1-4H3/b18-10+. The highest BCUT2D eigenvalue weighted by Crippen LogP contribution is 2.42. The second kappa shape index (κ2) is 8.53. The summed E-state index contributed by atoms with van der Waals surface area (Å²) < 4.78 is 21.9. The zero-order valence-electron chi connectivity index (χ0n) is 15.8. The molecule has 28 heavy (non-hydrogen) atoms. The molecular formula is C20H19NO5S2. The molecule has 0 N–H and O–H groups in total. The number of nitrogens with zero attached hydrogens (tertiary/aromatic N) is 1. The number of carbonyl (C=O) groups is 1. The molecule has 0 unspecified atom stereocenters. The van der Waals surface area contributed by atoms with Gasteiger partial charge in [-0.25, -0.2) is 0 Å². The summed E-state index contributed by atoms with van der Waals surface area (Å²) in [5, 5.41) is 0. The van der Waals surface area contributed by atoms with Crippen molar-refractivity contribution < 1.29 is 23.7 Å². The van der Waals surface area contributed by atoms with Gasteiger partial charge in [-0.1, -0.05) is 36.1 Å². The number of thioether (sulfide) groups is 1. The molecule has 1 amide bonds. The number of thiocarbonyl (C=S) groups is 1. The van der Waals surface area contributed by atoms with Crippen molar-refractivity contribution in [3.05, 3.63) is 46.9 Å². The minimum Gasteiger partial charge on any atom is -0.496 e. The zero-order chi connectivity index (χ0) is 20.3. The summed E-state index contributed by atoms with van der Waals surface area (Å²) in [6.45, 7) is 0. The first-order valence-corrected chi connectivity index (χ1v) is 9.47. The summed E-state index contributed by atoms with van der Waals surface area (Å²) in [5.74, 6) is 1.98. The second-order valence-electron chi connectivity index (χ2n) is 5.64. The third-order valence-electron chi connectivity index (χ3n) is 4.14. The molecular weight excluding hydrogens is 398 g/mol. The Balaban J connectivity index is 2.03. The Bertz CT molecular complexity index is 958. The van der Waals surface area contributed by atoms with E-state index in [9.17, 15) is 4.79 Å². The molecule has 8 heteroatoms. The Hall–Kier alpha value is -2.71. The maximum atomic E-state index is 13.1. The van der Waals surface area contributed by atoms with Gasteiger partial charge >= 0.3 is 0 Å². The Morgan fingerprint density at radius 2 is 1.50 bits per heavy atom. The van der Waals surface area contributed by atoms with E-state index in [0.29, 0.717) is 43.5 Å². The van der Waals surface area contributed by atoms with Crippen LogP contribution in [0.5, 0.6) is 23.0 Å². The number of benzene rings is 2. The fourth-order valence-electron chi connectivity index (χ4n) is 2.80. The van der Waals surface area contributed by atoms with E-state index in [4.69, 9.17) is 31.2 Å². The van der Waals surface area contributed by atoms with Crippen molar-refractivity contribution in [1.29, 1.82) is 0 Å². The van der Waals surface area contributed by atoms with Gasteiger partial charge in [-0.05, 0) is 24.3 Å². The van der Waals surface area contributed by atoms with Gasteiger partial charge in [-0.15, -0.1) is 0 Å². The topological polar surface area (TPSA) is 57.2 Å². The fourth-order valence-corrected chi connectivity index (χ4v) is 4.07. The lowest BCUT2D eigenvalue weighted by Gasteiger charge is -2.17. The van der Waals surface area contributed by atoms with E-state index < -0.39 is 0 Å². The van der Waals surface area contributed by atoms with E-state index in [2.05, 4.69) is 0 Å². The lowest BCUT2D eigenvalue weighted by Crippen LogP contribution is -2.27. The average molecular weight is 418 g/mol. The number of hydrogen-bond acceptors (Lipinski definition) is 7. The molecule has 6 nitrogen and oxygen atoms in total. The maximum Gasteiger partial charge on any atom is 0.270 e. The molecule has 0 spiro atoms. The molecule has 1 aliphatic heterocycles. The van der Waals surface area contributed by atoms with E-state index in [-0.39, 0.29) is 5.91 Å². The Kier molecular flexibility index (Phi) is 6.11. The number of amides is 1. The van der Waals surface area contributed by atoms with Crippen molar-refractivity contribution in [2.75, 3.05) is 33.3 Å². The lowest BCUT2D eigenvalue weighted by molar-refractivity contribution is -0.113. The van der Waals surface area contributed by atoms with Gasteiger partial charge in [-0.2, -0.15) is 0 Å². The molecule has 2 aromatic carbocycles. The molecule has 1 aliphatic rings. The van der Waals surface area contributed by atoms with Crippen LogP contribution in [0.2, 0.25) is 0 Å². The summed E-state index contributed by atoms with van der Waals surface area (Å²) in [4.78, 5) is 15.0. The molecule has 146 valence electrons. The maximum absolute atomic E-state index is 13.1. The predicted molar refractivity (Wildman–Crippen MR) is 115 cm³/mol. The highest BCUT2D eigenvalue weighted by atomic mass is 32.2. The predicted octanol–water partition coefficient (Wildman–Crippen LogP) is 4.13. The van der Waals surface area contributed by atoms with Gasteiger partial charge in [0.2, 0.25) is 0 Å². The quantitative estimate of drug-likeness (QED) is 0.517. The van der Waals surface area contributed by atoms with Gasteiger partial charge in [0.15, 0.2) is 15.8 Å². The number of methoxy groups -OCH3 is 4. The molecule has 0 aromatic heterocycles. The van der Waals surface area contributed by atoms with Gasteiger partial charge in [0.1, 0.15) is 11.5 Å². The van der Waals surface area contributed by atoms with Crippen LogP contribution >= 0.6 is 24.0 Å². The summed E-state index contributed by atoms with van der Waals surface area (Å²) in [6, 6.07) is 10.7. The molecule has 0 saturated carbocycles. The van der Waals surface area contributed by atoms with Gasteiger partial charge in [0, 0.05) is 11.6 Å². The number of rotatable bonds is 6. The second-order valence-corrected chi connectivity index (χ2v) is 7.31. The monoisotopic (exact) mass is 417 g/mol. The molecule has 1 fully saturated rings. The first kappa shape index (κ1) is 20.0. The first-order chi connectivity index (χ1) is 13.5. The van der Waals surface area contributed by atoms with Crippen molar-refractivity contribution >= 4 is 46.0 Å². The van der Waals surface area contributed by atoms with Gasteiger partial charge in [-0.3, -0.25) is 9.69 Å². The molecule has 0 bridgehead atoms. The van der Waals surface area contributed by atoms with E-state index in [0.717, 1.165) is 0 Å². The molecule has 3 rings (SSSR count). The fraction of sp³-hybridized carbons (Fsp3) is 0.200. The van der Waals surface area contributed by atoms with Crippen molar-refractivity contribution in [3.8, 4) is 23.0 Å². The van der Waals surface area contributed by atoms with Crippen LogP contribution in [0, 0.1) is 0 Å². The molecule has 0 radical (unpaired) electrons. The van der Waals surface area contributed by atoms with Crippen LogP contribution < -0.4 is 23.8 Å². The van der Waals surface area contributed by atoms with Gasteiger partial charge in [0.25, 0.3) is 5.91 Å². The van der Waals surface area contributed by atoms with Crippen LogP contribution in [0.1, 0.15) is 5.56 Å². The van der Waals surface area contributed by atoms with E-state index in [1.54, 1.807) is 58.8 Å². The highest BCUT2D eigenvalue weighted by molar-refractivity contribution is 8.27. The SMILES string of the molecule is COc1cc(OC)c(OC)cc1/C=C1/SC(=S)N(c2ccccc2OC)C1=O. The van der Waals surface area contributed by atoms with Gasteiger partial charge in [0.05, 0.1) is 39.0 Å². The lowest BCUT2D eigenvalue weighted by atomic mass is 10.1. The van der Waals surface area contributed by atoms with Crippen molar-refractivity contribution in [1.82, 2.24) is 0 Å². The third-order valence-corrected chi connectivity index (χ3v) is 5.44. The Labute approximate surface area is 173 Å². The van der Waals surface area contributed by atoms with Crippen LogP contribution in [0.25, 0.3) is 6.08 Å². The van der Waals surface area contributed by atoms with Crippen molar-refractivity contribution in [2.24, 2.45) is 0 Å². The number of hydrogen-bond donors (Lipinski definition) is 0. The zero-order valence-corrected chi connectivity index (χ0v) is 17.5. The highest BCUT2D eigenvalue weighted by Gasteiger charge is 2.35. The third kappa shape index (κ3) is 3.65. The average Bonchev–Trinajstić information content (AvgIpc) is 3.00. The minimum absolute atomic E-state index is 0.226. The van der Waals surface area contributed by atoms with E-state index in [1.165, 1.54) is 16.7 Å². The molecule has 2 aromatic rings. The smallest absolute Gasteiger partial charge is 0.270 e. The van der Waals surface area contributed by atoms with Crippen LogP contribution in [0.3, 0.4) is 0 Å². The molecule has 0 aliphatic carbocycles. The number of anilines is 1. The summed E-state index contributed by atoms with van der Waals surface area (Å²) in [5.41, 5.74) is 1.29. The first-order valence-electron chi connectivity index (χ1n) is 8.25. The van der Waals surface area contributed by atoms with E-state index in [1.807, 2.05) is 12.1 Å². The van der Waals surface area contributed by atoms with E-state index >= 15 is 0 Å². The molecule has 1 saturated heterocycles. The largest absolute Gasteiger partial charge is 0.496 e. The summed E-state index contributed by atoms with van der Waals surface area (Å²) >= 11 is 6.66. The van der Waals surface area contributed by atoms with Gasteiger partial charge < -0.3 is 18.9 Å². The van der Waals surface area contributed by atoms with Crippen LogP contribution in [0.4, 0.5) is 5.69 Å². The Morgan fingerprint density at radius 3 is 2.14 bits per heavy atom. The minimum atomic E-state index is -0.226. The summed E-state index contributed by atoms with van der Waals surface area (Å²) in [6.07, 6.45) is 1.73. The molecule has 0 atom stereocenters. The van der Waals surface area contributed by atoms with Crippen molar-refractivity contribution in [3.63, 3.8) is 0 Å². The number of para-hydroxylation sites is 2. The number of carbonyl (C=O) groups excluding carboxylic acids is 1. The van der Waals surface area contributed by atoms with Crippen molar-refractivity contribution in [2.45, 2.75) is 0 Å². The Morgan fingerprint density at radius 1 is 0.893 bits per heavy atom. The van der Waals surface area contributed by atoms with Crippen LogP contribution in [-0.4, -0.2) is 38.7 Å². The summed E-state index contributed by atoms with van der Waals surface area (Å²) in [7, 11) is 6.21. The van der Waals surface area contributed by atoms with Crippen LogP contribution in [-0.2, 0) is 4.79 Å².